The molecule has 3 rings (SSSR count). The second-order valence-electron chi connectivity index (χ2n) is 6.46. The van der Waals surface area contributed by atoms with E-state index in [9.17, 15) is 9.90 Å². The van der Waals surface area contributed by atoms with Crippen LogP contribution in [-0.2, 0) is 11.2 Å². The Morgan fingerprint density at radius 2 is 2.00 bits per heavy atom. The summed E-state index contributed by atoms with van der Waals surface area (Å²) in [5, 5.41) is 19.6. The summed E-state index contributed by atoms with van der Waals surface area (Å²) in [5.41, 5.74) is 3.71. The van der Waals surface area contributed by atoms with Crippen molar-refractivity contribution < 1.29 is 14.6 Å². The normalized spacial score (nSPS) is 11.4. The Morgan fingerprint density at radius 1 is 1.22 bits per heavy atom. The van der Waals surface area contributed by atoms with Crippen LogP contribution in [0.15, 0.2) is 42.5 Å². The van der Waals surface area contributed by atoms with Crippen LogP contribution in [0.5, 0.6) is 11.5 Å². The maximum Gasteiger partial charge on any atom is 0.335 e. The zero-order chi connectivity index (χ0) is 19.4. The number of carbonyl (C=O) groups is 1. The molecule has 1 N–H and O–H groups in total. The molecule has 3 aromatic rings. The van der Waals surface area contributed by atoms with E-state index in [0.717, 1.165) is 30.4 Å². The van der Waals surface area contributed by atoms with Gasteiger partial charge in [0.15, 0.2) is 0 Å². The van der Waals surface area contributed by atoms with E-state index in [1.54, 1.807) is 31.2 Å². The lowest BCUT2D eigenvalue weighted by Crippen LogP contribution is -2.03. The van der Waals surface area contributed by atoms with E-state index in [0.29, 0.717) is 22.5 Å². The van der Waals surface area contributed by atoms with Crippen LogP contribution < -0.4 is 4.74 Å². The summed E-state index contributed by atoms with van der Waals surface area (Å²) in [4.78, 5) is 13.0. The smallest absolute Gasteiger partial charge is 0.335 e. The second kappa shape index (κ2) is 8.03. The van der Waals surface area contributed by atoms with Crippen molar-refractivity contribution in [3.8, 4) is 17.2 Å². The van der Waals surface area contributed by atoms with Crippen LogP contribution in [-0.4, -0.2) is 26.1 Å². The van der Waals surface area contributed by atoms with Gasteiger partial charge >= 0.3 is 5.97 Å². The number of benzene rings is 2. The Balaban J connectivity index is 1.98. The lowest BCUT2D eigenvalue weighted by Gasteiger charge is -2.10. The van der Waals surface area contributed by atoms with Gasteiger partial charge in [-0.25, -0.2) is 4.79 Å². The Bertz CT molecular complexity index is 1010. The van der Waals surface area contributed by atoms with E-state index in [-0.39, 0.29) is 5.75 Å². The third-order valence-electron chi connectivity index (χ3n) is 4.20. The minimum atomic E-state index is -0.443. The Kier molecular flexibility index (Phi) is 5.54. The summed E-state index contributed by atoms with van der Waals surface area (Å²) in [6, 6.07) is 8.92. The van der Waals surface area contributed by atoms with E-state index in [4.69, 9.17) is 4.74 Å². The topological polar surface area (TPSA) is 77.2 Å². The number of aromatic nitrogens is 3. The summed E-state index contributed by atoms with van der Waals surface area (Å²) in [6.07, 6.45) is 5.84. The number of phenols is 1. The number of unbranched alkanes of at least 4 members (excludes halogenated alkanes) is 1. The highest BCUT2D eigenvalue weighted by atomic mass is 16.5. The number of hydrogen-bond acceptors (Lipinski definition) is 5. The number of aryl methyl sites for hydroxylation is 2. The van der Waals surface area contributed by atoms with Gasteiger partial charge in [0.25, 0.3) is 0 Å². The summed E-state index contributed by atoms with van der Waals surface area (Å²) >= 11 is 0. The molecule has 0 aliphatic carbocycles. The van der Waals surface area contributed by atoms with Gasteiger partial charge in [0, 0.05) is 12.1 Å². The van der Waals surface area contributed by atoms with E-state index < -0.39 is 5.97 Å². The fraction of sp³-hybridized carbons (Fsp3) is 0.286. The van der Waals surface area contributed by atoms with Crippen LogP contribution in [0.2, 0.25) is 0 Å². The molecule has 0 amide bonds. The first kappa shape index (κ1) is 18.6. The standard InChI is InChI=1S/C21H23N3O3/c1-4-6-8-15-11-14(3)12-19(21(15)26)24-22-17-10-9-16(13-18(17)23-24)27-20(25)7-5-2/h5,7,9-13,26H,4,6,8H2,1-3H3/b7-5+. The number of ether oxygens (including phenoxy) is 1. The third-order valence-corrected chi connectivity index (χ3v) is 4.20. The SMILES string of the molecule is C/C=C/C(=O)Oc1ccc2nn(-c3cc(C)cc(CCCC)c3O)nc2c1. The number of nitrogens with zero attached hydrogens (tertiary/aromatic N) is 3. The average molecular weight is 365 g/mol. The highest BCUT2D eigenvalue weighted by Crippen LogP contribution is 2.29. The van der Waals surface area contributed by atoms with E-state index in [2.05, 4.69) is 17.1 Å². The van der Waals surface area contributed by atoms with Gasteiger partial charge in [0.05, 0.1) is 0 Å². The molecule has 0 aliphatic rings. The van der Waals surface area contributed by atoms with Crippen LogP contribution in [0.25, 0.3) is 16.7 Å². The quantitative estimate of drug-likeness (QED) is 0.401. The third kappa shape index (κ3) is 4.16. The molecule has 0 atom stereocenters. The number of carbonyl (C=O) groups excluding carboxylic acids is 1. The number of allylic oxidation sites excluding steroid dienone is 1. The fourth-order valence-corrected chi connectivity index (χ4v) is 2.90. The first-order chi connectivity index (χ1) is 13.0. The first-order valence-corrected chi connectivity index (χ1v) is 9.06. The van der Waals surface area contributed by atoms with Crippen molar-refractivity contribution in [2.24, 2.45) is 0 Å². The molecule has 0 aliphatic heterocycles. The lowest BCUT2D eigenvalue weighted by atomic mass is 10.0. The van der Waals surface area contributed by atoms with Crippen LogP contribution >= 0.6 is 0 Å². The first-order valence-electron chi connectivity index (χ1n) is 9.06. The molecule has 0 spiro atoms. The molecule has 140 valence electrons. The maximum atomic E-state index is 11.6. The number of rotatable bonds is 6. The fourth-order valence-electron chi connectivity index (χ4n) is 2.90. The zero-order valence-corrected chi connectivity index (χ0v) is 15.8. The number of hydrogen-bond donors (Lipinski definition) is 1. The van der Waals surface area contributed by atoms with Crippen molar-refractivity contribution in [2.45, 2.75) is 40.0 Å². The Morgan fingerprint density at radius 3 is 2.74 bits per heavy atom. The molecule has 6 nitrogen and oxygen atoms in total. The van der Waals surface area contributed by atoms with Gasteiger partial charge < -0.3 is 9.84 Å². The lowest BCUT2D eigenvalue weighted by molar-refractivity contribution is -0.128. The van der Waals surface area contributed by atoms with Gasteiger partial charge in [-0.15, -0.1) is 15.0 Å². The number of esters is 1. The highest BCUT2D eigenvalue weighted by Gasteiger charge is 2.14. The molecule has 0 radical (unpaired) electrons. The molecule has 0 unspecified atom stereocenters. The van der Waals surface area contributed by atoms with Gasteiger partial charge in [0.2, 0.25) is 0 Å². The van der Waals surface area contributed by atoms with Crippen molar-refractivity contribution in [1.29, 1.82) is 0 Å². The summed E-state index contributed by atoms with van der Waals surface area (Å²) in [5.74, 6) is 0.157. The van der Waals surface area contributed by atoms with Crippen LogP contribution in [0, 0.1) is 6.92 Å². The number of phenolic OH excluding ortho intramolecular Hbond substituents is 1. The average Bonchev–Trinajstić information content (AvgIpc) is 3.05. The van der Waals surface area contributed by atoms with Gasteiger partial charge in [-0.2, -0.15) is 0 Å². The van der Waals surface area contributed by atoms with E-state index in [1.165, 1.54) is 10.9 Å². The highest BCUT2D eigenvalue weighted by molar-refractivity contribution is 5.85. The summed E-state index contributed by atoms with van der Waals surface area (Å²) in [7, 11) is 0. The van der Waals surface area contributed by atoms with Crippen molar-refractivity contribution >= 4 is 17.0 Å². The molecule has 2 aromatic carbocycles. The predicted octanol–water partition coefficient (Wildman–Crippen LogP) is 4.26. The largest absolute Gasteiger partial charge is 0.505 e. The molecular weight excluding hydrogens is 342 g/mol. The number of aromatic hydroxyl groups is 1. The van der Waals surface area contributed by atoms with Crippen LogP contribution in [0.1, 0.15) is 37.8 Å². The zero-order valence-electron chi connectivity index (χ0n) is 15.8. The summed E-state index contributed by atoms with van der Waals surface area (Å²) in [6.45, 7) is 5.86. The maximum absolute atomic E-state index is 11.6. The number of fused-ring (bicyclic) bond motifs is 1. The van der Waals surface area contributed by atoms with E-state index >= 15 is 0 Å². The van der Waals surface area contributed by atoms with E-state index in [1.807, 2.05) is 19.1 Å². The van der Waals surface area contributed by atoms with Crippen molar-refractivity contribution in [3.63, 3.8) is 0 Å². The molecule has 0 fully saturated rings. The molecule has 0 saturated heterocycles. The van der Waals surface area contributed by atoms with Crippen LogP contribution in [0.3, 0.4) is 0 Å². The minimum absolute atomic E-state index is 0.203. The molecule has 1 heterocycles. The monoisotopic (exact) mass is 365 g/mol. The Labute approximate surface area is 158 Å². The second-order valence-corrected chi connectivity index (χ2v) is 6.46. The van der Waals surface area contributed by atoms with Crippen molar-refractivity contribution in [3.05, 3.63) is 53.6 Å². The van der Waals surface area contributed by atoms with Crippen LogP contribution in [0.4, 0.5) is 0 Å². The molecular formula is C21H23N3O3. The Hall–Kier alpha value is -3.15. The minimum Gasteiger partial charge on any atom is -0.505 e. The van der Waals surface area contributed by atoms with Gasteiger partial charge in [-0.3, -0.25) is 0 Å². The van der Waals surface area contributed by atoms with Crippen molar-refractivity contribution in [1.82, 2.24) is 15.0 Å². The van der Waals surface area contributed by atoms with Gasteiger partial charge in [-0.05, 0) is 56.0 Å². The predicted molar refractivity (Wildman–Crippen MR) is 104 cm³/mol. The van der Waals surface area contributed by atoms with Gasteiger partial charge in [-0.1, -0.05) is 25.5 Å². The van der Waals surface area contributed by atoms with Crippen molar-refractivity contribution in [2.75, 3.05) is 0 Å². The molecule has 27 heavy (non-hydrogen) atoms. The van der Waals surface area contributed by atoms with Gasteiger partial charge in [0.1, 0.15) is 28.2 Å². The molecule has 6 heteroatoms. The molecule has 1 aromatic heterocycles. The summed E-state index contributed by atoms with van der Waals surface area (Å²) < 4.78 is 5.23. The molecule has 0 bridgehead atoms. The molecule has 0 saturated carbocycles.